The van der Waals surface area contributed by atoms with Crippen LogP contribution < -0.4 is 0 Å². The molecule has 0 spiro atoms. The molecule has 0 aliphatic carbocycles. The lowest BCUT2D eigenvalue weighted by Gasteiger charge is -2.18. The van der Waals surface area contributed by atoms with Crippen LogP contribution in [0.15, 0.2) is 64.4 Å². The zero-order valence-electron chi connectivity index (χ0n) is 12.9. The van der Waals surface area contributed by atoms with Crippen LogP contribution in [0, 0.1) is 5.21 Å². The third-order valence-corrected chi connectivity index (χ3v) is 4.96. The van der Waals surface area contributed by atoms with Crippen molar-refractivity contribution in [1.82, 2.24) is 0 Å². The van der Waals surface area contributed by atoms with Crippen LogP contribution in [0.25, 0.3) is 0 Å². The average Bonchev–Trinajstić information content (AvgIpc) is 2.48. The maximum atomic E-state index is 12.4. The van der Waals surface area contributed by atoms with Gasteiger partial charge in [0.25, 0.3) is 0 Å². The van der Waals surface area contributed by atoms with E-state index in [4.69, 9.17) is 0 Å². The largest absolute Gasteiger partial charge is 0.623 e. The predicted molar refractivity (Wildman–Crippen MR) is 86.9 cm³/mol. The van der Waals surface area contributed by atoms with Gasteiger partial charge in [-0.1, -0.05) is 18.2 Å². The topological polar surface area (TPSA) is 60.2 Å². The molecule has 116 valence electrons. The molecule has 0 saturated carbocycles. The van der Waals surface area contributed by atoms with Gasteiger partial charge in [-0.15, -0.1) is 0 Å². The number of sulfone groups is 1. The van der Waals surface area contributed by atoms with Gasteiger partial charge in [0, 0.05) is 26.3 Å². The Morgan fingerprint density at radius 1 is 0.909 bits per heavy atom. The molecule has 0 aromatic heterocycles. The first-order valence-electron chi connectivity index (χ1n) is 6.93. The molecule has 0 fully saturated rings. The molecular weight excluding hydrogens is 298 g/mol. The molecule has 0 amide bonds. The number of nitrogens with zero attached hydrogens (tertiary/aromatic N) is 1. The van der Waals surface area contributed by atoms with Gasteiger partial charge >= 0.3 is 0 Å². The fourth-order valence-electron chi connectivity index (χ4n) is 1.80. The second-order valence-corrected chi connectivity index (χ2v) is 7.96. The summed E-state index contributed by atoms with van der Waals surface area (Å²) in [4.78, 5) is 0.468. The van der Waals surface area contributed by atoms with Gasteiger partial charge in [-0.2, -0.15) is 0 Å². The highest BCUT2D eigenvalue weighted by Gasteiger charge is 2.19. The van der Waals surface area contributed by atoms with Crippen LogP contribution in [-0.2, 0) is 9.84 Å². The highest BCUT2D eigenvalue weighted by Crippen LogP contribution is 2.20. The molecule has 0 saturated heterocycles. The third-order valence-electron chi connectivity index (χ3n) is 3.17. The van der Waals surface area contributed by atoms with Gasteiger partial charge in [0.2, 0.25) is 9.84 Å². The first-order valence-corrected chi connectivity index (χ1v) is 8.41. The lowest BCUT2D eigenvalue weighted by atomic mass is 10.1. The van der Waals surface area contributed by atoms with Crippen LogP contribution >= 0.6 is 0 Å². The summed E-state index contributed by atoms with van der Waals surface area (Å²) in [5.41, 5.74) is 0.131. The fraction of sp³-hybridized carbons (Fsp3) is 0.235. The molecule has 0 atom stereocenters. The molecule has 2 aromatic rings. The van der Waals surface area contributed by atoms with E-state index in [0.29, 0.717) is 5.56 Å². The summed E-state index contributed by atoms with van der Waals surface area (Å²) in [6.45, 7) is 5.43. The second-order valence-electron chi connectivity index (χ2n) is 6.01. The maximum absolute atomic E-state index is 12.4. The summed E-state index contributed by atoms with van der Waals surface area (Å²) in [6, 6.07) is 14.6. The van der Waals surface area contributed by atoms with Gasteiger partial charge < -0.3 is 5.21 Å². The van der Waals surface area contributed by atoms with Crippen molar-refractivity contribution in [2.75, 3.05) is 0 Å². The van der Waals surface area contributed by atoms with E-state index in [9.17, 15) is 13.6 Å². The third kappa shape index (κ3) is 3.54. The zero-order chi connectivity index (χ0) is 16.4. The predicted octanol–water partition coefficient (Wildman–Crippen LogP) is 3.25. The van der Waals surface area contributed by atoms with E-state index in [1.54, 1.807) is 42.5 Å². The van der Waals surface area contributed by atoms with E-state index in [1.165, 1.54) is 18.3 Å². The molecule has 0 aliphatic rings. The summed E-state index contributed by atoms with van der Waals surface area (Å²) in [6.07, 6.45) is 1.46. The van der Waals surface area contributed by atoms with Crippen LogP contribution in [-0.4, -0.2) is 24.9 Å². The molecule has 0 bridgehead atoms. The van der Waals surface area contributed by atoms with E-state index < -0.39 is 15.4 Å². The normalized spacial score (nSPS) is 13.1. The molecule has 0 heterocycles. The Kier molecular flexibility index (Phi) is 4.37. The number of hydroxylamine groups is 1. The van der Waals surface area contributed by atoms with Crippen molar-refractivity contribution >= 4 is 16.1 Å². The zero-order valence-corrected chi connectivity index (χ0v) is 13.7. The highest BCUT2D eigenvalue weighted by atomic mass is 32.2. The van der Waals surface area contributed by atoms with Crippen LogP contribution in [0.5, 0.6) is 0 Å². The van der Waals surface area contributed by atoms with E-state index in [0.717, 1.165) is 4.74 Å². The van der Waals surface area contributed by atoms with Crippen molar-refractivity contribution in [3.63, 3.8) is 0 Å². The van der Waals surface area contributed by atoms with Crippen molar-refractivity contribution in [1.29, 1.82) is 0 Å². The summed E-state index contributed by atoms with van der Waals surface area (Å²) < 4.78 is 25.7. The SMILES string of the molecule is CC(C)(C)[N+]([O-])=Cc1ccc(S(=O)(=O)c2ccccc2)cc1. The van der Waals surface area contributed by atoms with E-state index in [1.807, 2.05) is 20.8 Å². The van der Waals surface area contributed by atoms with Crippen molar-refractivity contribution in [3.05, 3.63) is 65.4 Å². The van der Waals surface area contributed by atoms with Crippen LogP contribution in [0.3, 0.4) is 0 Å². The van der Waals surface area contributed by atoms with Crippen LogP contribution in [0.1, 0.15) is 26.3 Å². The Hall–Kier alpha value is -2.14. The van der Waals surface area contributed by atoms with E-state index in [2.05, 4.69) is 0 Å². The lowest BCUT2D eigenvalue weighted by Crippen LogP contribution is -2.29. The molecule has 0 aliphatic heterocycles. The second kappa shape index (κ2) is 5.93. The van der Waals surface area contributed by atoms with Crippen LogP contribution in [0.2, 0.25) is 0 Å². The van der Waals surface area contributed by atoms with E-state index >= 15 is 0 Å². The Morgan fingerprint density at radius 2 is 1.41 bits per heavy atom. The van der Waals surface area contributed by atoms with Crippen molar-refractivity contribution in [2.45, 2.75) is 36.1 Å². The number of hydrogen-bond acceptors (Lipinski definition) is 3. The summed E-state index contributed by atoms with van der Waals surface area (Å²) in [5, 5.41) is 11.9. The Morgan fingerprint density at radius 3 is 1.91 bits per heavy atom. The molecule has 4 nitrogen and oxygen atoms in total. The van der Waals surface area contributed by atoms with Gasteiger partial charge in [-0.3, -0.25) is 0 Å². The summed E-state index contributed by atoms with van der Waals surface area (Å²) in [7, 11) is -3.52. The van der Waals surface area contributed by atoms with Crippen LogP contribution in [0.4, 0.5) is 0 Å². The Labute approximate surface area is 131 Å². The monoisotopic (exact) mass is 317 g/mol. The van der Waals surface area contributed by atoms with Crippen molar-refractivity contribution < 1.29 is 13.2 Å². The fourth-order valence-corrected chi connectivity index (χ4v) is 3.08. The van der Waals surface area contributed by atoms with Gasteiger partial charge in [0.1, 0.15) is 0 Å². The number of hydrogen-bond donors (Lipinski definition) is 0. The summed E-state index contributed by atoms with van der Waals surface area (Å²) in [5.74, 6) is 0. The molecule has 0 radical (unpaired) electrons. The maximum Gasteiger partial charge on any atom is 0.206 e. The number of rotatable bonds is 3. The number of benzene rings is 2. The molecular formula is C17H19NO3S. The Balaban J connectivity index is 2.34. The smallest absolute Gasteiger partial charge is 0.206 e. The molecule has 0 N–H and O–H groups in total. The standard InChI is InChI=1S/C17H19NO3S/c1-17(2,3)18(19)13-14-9-11-16(12-10-14)22(20,21)15-7-5-4-6-8-15/h4-13H,1-3H3. The molecule has 5 heteroatoms. The first-order chi connectivity index (χ1) is 10.2. The van der Waals surface area contributed by atoms with Crippen molar-refractivity contribution in [2.24, 2.45) is 0 Å². The quantitative estimate of drug-likeness (QED) is 0.378. The molecule has 22 heavy (non-hydrogen) atoms. The molecule has 2 rings (SSSR count). The summed E-state index contributed by atoms with van der Waals surface area (Å²) >= 11 is 0. The minimum Gasteiger partial charge on any atom is -0.623 e. The molecule has 2 aromatic carbocycles. The molecule has 0 unspecified atom stereocenters. The van der Waals surface area contributed by atoms with Gasteiger partial charge in [0.15, 0.2) is 11.8 Å². The van der Waals surface area contributed by atoms with Gasteiger partial charge in [-0.25, -0.2) is 13.2 Å². The highest BCUT2D eigenvalue weighted by molar-refractivity contribution is 7.91. The Bertz CT molecular complexity index is 771. The average molecular weight is 317 g/mol. The van der Waals surface area contributed by atoms with E-state index in [-0.39, 0.29) is 9.79 Å². The van der Waals surface area contributed by atoms with Gasteiger partial charge in [0.05, 0.1) is 9.79 Å². The van der Waals surface area contributed by atoms with Crippen molar-refractivity contribution in [3.8, 4) is 0 Å². The minimum atomic E-state index is -3.52. The first kappa shape index (κ1) is 16.2. The lowest BCUT2D eigenvalue weighted by molar-refractivity contribution is -0.530. The van der Waals surface area contributed by atoms with Gasteiger partial charge in [-0.05, 0) is 36.4 Å². The minimum absolute atomic E-state index is 0.212.